The van der Waals surface area contributed by atoms with Gasteiger partial charge in [0.25, 0.3) is 0 Å². The summed E-state index contributed by atoms with van der Waals surface area (Å²) in [6, 6.07) is 61.0. The van der Waals surface area contributed by atoms with Crippen LogP contribution in [0.2, 0.25) is 0 Å². The molecule has 1 heterocycles. The topological polar surface area (TPSA) is 24.9 Å². The highest BCUT2D eigenvalue weighted by atomic mass is 19.1. The molecular weight excluding hydrogens is 797 g/mol. The number of hydrogen-bond donors (Lipinski definition) is 0. The fourth-order valence-corrected chi connectivity index (χ4v) is 9.17. The van der Waals surface area contributed by atoms with Crippen molar-refractivity contribution >= 4 is 34.1 Å². The molecule has 304 valence electrons. The summed E-state index contributed by atoms with van der Waals surface area (Å²) in [5.41, 5.74) is 8.41. The summed E-state index contributed by atoms with van der Waals surface area (Å²) in [6.45, 7) is 0. The van der Waals surface area contributed by atoms with Crippen molar-refractivity contribution in [2.75, 3.05) is 9.80 Å². The number of ether oxygens (including phenoxy) is 2. The van der Waals surface area contributed by atoms with Crippen molar-refractivity contribution in [2.45, 2.75) is 5.41 Å². The molecule has 0 fully saturated rings. The number of fused-ring (bicyclic) bond motifs is 6. The molecule has 9 aromatic carbocycles. The Morgan fingerprint density at radius 2 is 0.810 bits per heavy atom. The smallest absolute Gasteiger partial charge is 0.178 e. The predicted molar refractivity (Wildman–Crippen MR) is 240 cm³/mol. The molecule has 0 amide bonds. The van der Waals surface area contributed by atoms with Crippen LogP contribution in [0, 0.1) is 23.3 Å². The second kappa shape index (κ2) is 15.1. The maximum absolute atomic E-state index is 15.0. The zero-order valence-corrected chi connectivity index (χ0v) is 33.4. The molecule has 11 rings (SSSR count). The highest BCUT2D eigenvalue weighted by Crippen LogP contribution is 2.63. The van der Waals surface area contributed by atoms with Crippen molar-refractivity contribution in [1.29, 1.82) is 0 Å². The maximum Gasteiger partial charge on any atom is 0.178 e. The Labute approximate surface area is 361 Å². The van der Waals surface area contributed by atoms with E-state index in [1.54, 1.807) is 42.5 Å². The second-order valence-corrected chi connectivity index (χ2v) is 15.4. The quantitative estimate of drug-likeness (QED) is 0.142. The van der Waals surface area contributed by atoms with Crippen LogP contribution in [-0.4, -0.2) is 0 Å². The molecule has 2 aliphatic rings. The Balaban J connectivity index is 1.19. The highest BCUT2D eigenvalue weighted by Gasteiger charge is 2.49. The molecular formula is C55H34F4N2O2. The summed E-state index contributed by atoms with van der Waals surface area (Å²) in [6.07, 6.45) is 0. The molecule has 0 bridgehead atoms. The molecule has 0 saturated carbocycles. The van der Waals surface area contributed by atoms with E-state index in [2.05, 4.69) is 42.5 Å². The van der Waals surface area contributed by atoms with E-state index in [1.165, 1.54) is 48.5 Å². The third-order valence-corrected chi connectivity index (χ3v) is 11.8. The monoisotopic (exact) mass is 830 g/mol. The van der Waals surface area contributed by atoms with E-state index in [1.807, 2.05) is 82.6 Å². The van der Waals surface area contributed by atoms with Crippen LogP contribution in [0.4, 0.5) is 51.7 Å². The normalized spacial score (nSPS) is 14.3. The zero-order chi connectivity index (χ0) is 42.7. The molecule has 4 nitrogen and oxygen atoms in total. The van der Waals surface area contributed by atoms with Crippen LogP contribution in [0.1, 0.15) is 22.3 Å². The lowest BCUT2D eigenvalue weighted by atomic mass is 9.67. The van der Waals surface area contributed by atoms with Gasteiger partial charge in [-0.1, -0.05) is 72.8 Å². The summed E-state index contributed by atoms with van der Waals surface area (Å²) in [5, 5.41) is 0. The van der Waals surface area contributed by atoms with Gasteiger partial charge in [0.05, 0.1) is 5.41 Å². The predicted octanol–water partition coefficient (Wildman–Crippen LogP) is 15.4. The summed E-state index contributed by atoms with van der Waals surface area (Å²) < 4.78 is 71.5. The Bertz CT molecular complexity index is 3150. The fraction of sp³-hybridized carbons (Fsp3) is 0.0182. The molecule has 1 atom stereocenters. The number of benzene rings is 9. The van der Waals surface area contributed by atoms with Crippen LogP contribution in [0.25, 0.3) is 11.1 Å². The van der Waals surface area contributed by atoms with Crippen LogP contribution in [-0.2, 0) is 5.41 Å². The van der Waals surface area contributed by atoms with Gasteiger partial charge in [-0.3, -0.25) is 0 Å². The van der Waals surface area contributed by atoms with Crippen LogP contribution in [0.15, 0.2) is 206 Å². The Kier molecular flexibility index (Phi) is 9.08. The van der Waals surface area contributed by atoms with Crippen molar-refractivity contribution in [3.63, 3.8) is 0 Å². The van der Waals surface area contributed by atoms with E-state index in [-0.39, 0.29) is 11.6 Å². The van der Waals surface area contributed by atoms with Crippen molar-refractivity contribution < 1.29 is 27.0 Å². The lowest BCUT2D eigenvalue weighted by molar-refractivity contribution is 0.360. The van der Waals surface area contributed by atoms with Gasteiger partial charge in [0.15, 0.2) is 23.0 Å². The molecule has 1 aliphatic carbocycles. The van der Waals surface area contributed by atoms with Gasteiger partial charge < -0.3 is 19.3 Å². The van der Waals surface area contributed by atoms with Gasteiger partial charge in [0.1, 0.15) is 23.3 Å². The van der Waals surface area contributed by atoms with E-state index < -0.39 is 17.0 Å². The molecule has 63 heavy (non-hydrogen) atoms. The summed E-state index contributed by atoms with van der Waals surface area (Å²) in [7, 11) is 0. The van der Waals surface area contributed by atoms with E-state index in [0.717, 1.165) is 39.1 Å². The Morgan fingerprint density at radius 3 is 1.37 bits per heavy atom. The van der Waals surface area contributed by atoms with Crippen LogP contribution < -0.4 is 19.3 Å². The molecule has 0 spiro atoms. The molecule has 0 aromatic heterocycles. The van der Waals surface area contributed by atoms with Crippen molar-refractivity contribution in [2.24, 2.45) is 0 Å². The molecule has 8 heteroatoms. The van der Waals surface area contributed by atoms with E-state index >= 15 is 4.39 Å². The Morgan fingerprint density at radius 1 is 0.333 bits per heavy atom. The molecule has 1 aliphatic heterocycles. The Hall–Kier alpha value is -8.10. The van der Waals surface area contributed by atoms with E-state index in [9.17, 15) is 13.2 Å². The minimum absolute atomic E-state index is 0.380. The number of rotatable bonds is 8. The highest BCUT2D eigenvalue weighted by molar-refractivity contribution is 5.93. The molecule has 0 saturated heterocycles. The van der Waals surface area contributed by atoms with Gasteiger partial charge in [-0.05, 0) is 161 Å². The van der Waals surface area contributed by atoms with Crippen molar-refractivity contribution in [1.82, 2.24) is 0 Å². The SMILES string of the molecule is Fc1ccc(N(c2ccc(F)cc2)c2cccc(C3(c4cccc(N(c5ccc(F)cc5)c5cccc(F)c5)c4)c4ccccc4-c4c3ccc3c4Oc4ccccc4O3)c2)cc1. The third-order valence-electron chi connectivity index (χ3n) is 11.8. The van der Waals surface area contributed by atoms with Gasteiger partial charge >= 0.3 is 0 Å². The second-order valence-electron chi connectivity index (χ2n) is 15.4. The number of nitrogens with zero attached hydrogens (tertiary/aromatic N) is 2. The minimum Gasteiger partial charge on any atom is -0.449 e. The first-order valence-electron chi connectivity index (χ1n) is 20.4. The van der Waals surface area contributed by atoms with Crippen LogP contribution >= 0.6 is 0 Å². The van der Waals surface area contributed by atoms with E-state index in [4.69, 9.17) is 9.47 Å². The minimum atomic E-state index is -1.03. The molecule has 0 radical (unpaired) electrons. The zero-order valence-electron chi connectivity index (χ0n) is 33.4. The maximum atomic E-state index is 15.0. The first-order chi connectivity index (χ1) is 30.8. The summed E-state index contributed by atoms with van der Waals surface area (Å²) in [4.78, 5) is 3.87. The van der Waals surface area contributed by atoms with Gasteiger partial charge in [0.2, 0.25) is 0 Å². The van der Waals surface area contributed by atoms with Crippen molar-refractivity contribution in [3.05, 3.63) is 252 Å². The first kappa shape index (κ1) is 37.9. The fourth-order valence-electron chi connectivity index (χ4n) is 9.17. The van der Waals surface area contributed by atoms with Crippen molar-refractivity contribution in [3.8, 4) is 34.1 Å². The molecule has 9 aromatic rings. The van der Waals surface area contributed by atoms with Crippen LogP contribution in [0.5, 0.6) is 23.0 Å². The van der Waals surface area contributed by atoms with Crippen LogP contribution in [0.3, 0.4) is 0 Å². The summed E-state index contributed by atoms with van der Waals surface area (Å²) in [5.74, 6) is 0.803. The first-order valence-corrected chi connectivity index (χ1v) is 20.4. The van der Waals surface area contributed by atoms with E-state index in [0.29, 0.717) is 51.4 Å². The third kappa shape index (κ3) is 6.38. The lowest BCUT2D eigenvalue weighted by Gasteiger charge is -2.36. The molecule has 0 N–H and O–H groups in total. The number of hydrogen-bond acceptors (Lipinski definition) is 4. The standard InChI is InChI=1S/C55H34F4N2O2/c56-37-18-24-41(25-19-37)60(42-26-20-38(57)21-27-42)44-11-5-8-35(32-44)55(36-9-6-12-45(33-36)61(43-28-22-39(58)23-29-43)46-13-7-10-40(59)34-46)48-15-2-1-14-47(48)53-49(55)30-31-52-54(53)63-51-17-4-3-16-50(51)62-52/h1-34H. The lowest BCUT2D eigenvalue weighted by Crippen LogP contribution is -2.29. The number of anilines is 6. The van der Waals surface area contributed by atoms with Gasteiger partial charge in [-0.25, -0.2) is 17.6 Å². The van der Waals surface area contributed by atoms with Gasteiger partial charge in [-0.15, -0.1) is 0 Å². The molecule has 1 unspecified atom stereocenters. The van der Waals surface area contributed by atoms with Gasteiger partial charge in [0, 0.05) is 39.7 Å². The van der Waals surface area contributed by atoms with Gasteiger partial charge in [-0.2, -0.15) is 0 Å². The largest absolute Gasteiger partial charge is 0.449 e. The average Bonchev–Trinajstić information content (AvgIpc) is 3.62. The summed E-state index contributed by atoms with van der Waals surface area (Å²) >= 11 is 0. The number of para-hydroxylation sites is 2. The average molecular weight is 831 g/mol. The number of halogens is 4.